The van der Waals surface area contributed by atoms with Crippen molar-refractivity contribution in [2.24, 2.45) is 0 Å². The van der Waals surface area contributed by atoms with Crippen LogP contribution in [0.2, 0.25) is 0 Å². The van der Waals surface area contributed by atoms with E-state index in [1.807, 2.05) is 24.3 Å². The molecule has 0 aliphatic carbocycles. The molecule has 6 nitrogen and oxygen atoms in total. The fourth-order valence-corrected chi connectivity index (χ4v) is 2.18. The van der Waals surface area contributed by atoms with E-state index >= 15 is 0 Å². The zero-order chi connectivity index (χ0) is 19.4. The Labute approximate surface area is 153 Å². The van der Waals surface area contributed by atoms with E-state index < -0.39 is 11.9 Å². The maximum absolute atomic E-state index is 9.10. The first kappa shape index (κ1) is 21.2. The van der Waals surface area contributed by atoms with E-state index in [2.05, 4.69) is 49.1 Å². The number of rotatable bonds is 7. The van der Waals surface area contributed by atoms with Crippen molar-refractivity contribution < 1.29 is 24.5 Å². The van der Waals surface area contributed by atoms with Crippen LogP contribution >= 0.6 is 0 Å². The summed E-state index contributed by atoms with van der Waals surface area (Å²) in [4.78, 5) is 20.6. The molecule has 0 heterocycles. The highest BCUT2D eigenvalue weighted by atomic mass is 16.5. The molecule has 0 atom stereocenters. The highest BCUT2D eigenvalue weighted by Crippen LogP contribution is 2.16. The monoisotopic (exact) mass is 359 g/mol. The molecule has 2 rings (SSSR count). The number of aliphatic carboxylic acids is 2. The van der Waals surface area contributed by atoms with Crippen molar-refractivity contribution >= 4 is 11.9 Å². The number of carboxylic acids is 2. The maximum atomic E-state index is 9.10. The van der Waals surface area contributed by atoms with Gasteiger partial charge in [0.25, 0.3) is 0 Å². The Balaban J connectivity index is 0.000000487. The van der Waals surface area contributed by atoms with Crippen LogP contribution in [-0.2, 0) is 22.7 Å². The standard InChI is InChI=1S/C18H23NO.C2H2O4/c1-3-19(4-2)14-17-11-8-12-18(13-17)20-15-16-9-6-5-7-10-16;3-1(4)2(5)6/h5-13H,3-4,14-15H2,1-2H3;(H,3,4)(H,5,6). The molecule has 0 saturated carbocycles. The van der Waals surface area contributed by atoms with Crippen molar-refractivity contribution in [1.82, 2.24) is 4.90 Å². The second kappa shape index (κ2) is 11.7. The van der Waals surface area contributed by atoms with Gasteiger partial charge in [-0.2, -0.15) is 0 Å². The molecule has 0 unspecified atom stereocenters. The van der Waals surface area contributed by atoms with Crippen molar-refractivity contribution in [3.8, 4) is 5.75 Å². The molecule has 0 saturated heterocycles. The number of hydrogen-bond donors (Lipinski definition) is 2. The highest BCUT2D eigenvalue weighted by Gasteiger charge is 2.04. The van der Waals surface area contributed by atoms with E-state index in [9.17, 15) is 0 Å². The molecule has 0 spiro atoms. The fraction of sp³-hybridized carbons (Fsp3) is 0.300. The Hall–Kier alpha value is -2.86. The van der Waals surface area contributed by atoms with E-state index in [0.29, 0.717) is 6.61 Å². The lowest BCUT2D eigenvalue weighted by molar-refractivity contribution is -0.159. The van der Waals surface area contributed by atoms with Crippen molar-refractivity contribution in [3.05, 3.63) is 65.7 Å². The summed E-state index contributed by atoms with van der Waals surface area (Å²) in [6.45, 7) is 8.14. The third kappa shape index (κ3) is 8.30. The van der Waals surface area contributed by atoms with Crippen LogP contribution in [0, 0.1) is 0 Å². The average molecular weight is 359 g/mol. The van der Waals surface area contributed by atoms with E-state index in [0.717, 1.165) is 25.4 Å². The number of nitrogens with zero attached hydrogens (tertiary/aromatic N) is 1. The maximum Gasteiger partial charge on any atom is 0.414 e. The fourth-order valence-electron chi connectivity index (χ4n) is 2.18. The third-order valence-electron chi connectivity index (χ3n) is 3.63. The second-order valence-corrected chi connectivity index (χ2v) is 5.49. The number of carbonyl (C=O) groups is 2. The summed E-state index contributed by atoms with van der Waals surface area (Å²) in [5, 5.41) is 14.8. The predicted octanol–water partition coefficient (Wildman–Crippen LogP) is 3.26. The van der Waals surface area contributed by atoms with Gasteiger partial charge < -0.3 is 14.9 Å². The molecular weight excluding hydrogens is 334 g/mol. The number of ether oxygens (including phenoxy) is 1. The Kier molecular flexibility index (Phi) is 9.49. The van der Waals surface area contributed by atoms with Crippen LogP contribution in [0.5, 0.6) is 5.75 Å². The first-order valence-electron chi connectivity index (χ1n) is 8.40. The van der Waals surface area contributed by atoms with Gasteiger partial charge in [-0.05, 0) is 36.3 Å². The molecule has 2 N–H and O–H groups in total. The molecule has 2 aromatic rings. The molecule has 6 heteroatoms. The van der Waals surface area contributed by atoms with Crippen LogP contribution < -0.4 is 4.74 Å². The summed E-state index contributed by atoms with van der Waals surface area (Å²) in [5.41, 5.74) is 2.50. The first-order chi connectivity index (χ1) is 12.5. The molecule has 0 aliphatic heterocycles. The van der Waals surface area contributed by atoms with E-state index in [4.69, 9.17) is 24.5 Å². The lowest BCUT2D eigenvalue weighted by atomic mass is 10.2. The summed E-state index contributed by atoms with van der Waals surface area (Å²) >= 11 is 0. The summed E-state index contributed by atoms with van der Waals surface area (Å²) in [6, 6.07) is 18.7. The zero-order valence-corrected chi connectivity index (χ0v) is 15.1. The predicted molar refractivity (Wildman–Crippen MR) is 99.1 cm³/mol. The van der Waals surface area contributed by atoms with Gasteiger partial charge in [-0.25, -0.2) is 9.59 Å². The lowest BCUT2D eigenvalue weighted by Gasteiger charge is -2.18. The van der Waals surface area contributed by atoms with E-state index in [-0.39, 0.29) is 0 Å². The Bertz CT molecular complexity index is 672. The summed E-state index contributed by atoms with van der Waals surface area (Å²) < 4.78 is 5.86. The van der Waals surface area contributed by atoms with Crippen LogP contribution in [0.1, 0.15) is 25.0 Å². The van der Waals surface area contributed by atoms with Crippen LogP contribution in [0.3, 0.4) is 0 Å². The summed E-state index contributed by atoms with van der Waals surface area (Å²) in [5.74, 6) is -2.71. The molecule has 0 radical (unpaired) electrons. The topological polar surface area (TPSA) is 87.1 Å². The Morgan fingerprint density at radius 1 is 0.885 bits per heavy atom. The summed E-state index contributed by atoms with van der Waals surface area (Å²) in [6.07, 6.45) is 0. The molecular formula is C20H25NO5. The molecule has 0 bridgehead atoms. The van der Waals surface area contributed by atoms with Gasteiger partial charge in [0.15, 0.2) is 0 Å². The van der Waals surface area contributed by atoms with Crippen molar-refractivity contribution in [1.29, 1.82) is 0 Å². The van der Waals surface area contributed by atoms with E-state index in [1.54, 1.807) is 0 Å². The average Bonchev–Trinajstić information content (AvgIpc) is 2.66. The van der Waals surface area contributed by atoms with Gasteiger partial charge >= 0.3 is 11.9 Å². The van der Waals surface area contributed by atoms with Gasteiger partial charge in [0.05, 0.1) is 0 Å². The number of benzene rings is 2. The highest BCUT2D eigenvalue weighted by molar-refractivity contribution is 6.27. The number of carboxylic acid groups (broad SMARTS) is 2. The Morgan fingerprint density at radius 2 is 1.46 bits per heavy atom. The molecule has 140 valence electrons. The van der Waals surface area contributed by atoms with Crippen LogP contribution in [0.15, 0.2) is 54.6 Å². The molecule has 26 heavy (non-hydrogen) atoms. The third-order valence-corrected chi connectivity index (χ3v) is 3.63. The largest absolute Gasteiger partial charge is 0.489 e. The zero-order valence-electron chi connectivity index (χ0n) is 15.1. The Morgan fingerprint density at radius 3 is 2.00 bits per heavy atom. The van der Waals surface area contributed by atoms with Gasteiger partial charge in [-0.3, -0.25) is 4.90 Å². The molecule has 0 amide bonds. The SMILES string of the molecule is CCN(CC)Cc1cccc(OCc2ccccc2)c1.O=C(O)C(=O)O. The number of hydrogen-bond acceptors (Lipinski definition) is 4. The summed E-state index contributed by atoms with van der Waals surface area (Å²) in [7, 11) is 0. The molecule has 0 aromatic heterocycles. The molecule has 0 fully saturated rings. The second-order valence-electron chi connectivity index (χ2n) is 5.49. The van der Waals surface area contributed by atoms with Gasteiger partial charge in [0.2, 0.25) is 0 Å². The first-order valence-corrected chi connectivity index (χ1v) is 8.40. The quantitative estimate of drug-likeness (QED) is 0.738. The van der Waals surface area contributed by atoms with Crippen molar-refractivity contribution in [3.63, 3.8) is 0 Å². The van der Waals surface area contributed by atoms with Crippen molar-refractivity contribution in [2.45, 2.75) is 27.0 Å². The van der Waals surface area contributed by atoms with Gasteiger partial charge in [-0.1, -0.05) is 56.3 Å². The minimum atomic E-state index is -1.82. The van der Waals surface area contributed by atoms with Crippen LogP contribution in [0.4, 0.5) is 0 Å². The van der Waals surface area contributed by atoms with Crippen molar-refractivity contribution in [2.75, 3.05) is 13.1 Å². The lowest BCUT2D eigenvalue weighted by Crippen LogP contribution is -2.22. The minimum Gasteiger partial charge on any atom is -0.489 e. The smallest absolute Gasteiger partial charge is 0.414 e. The molecule has 0 aliphatic rings. The molecule has 2 aromatic carbocycles. The normalized spacial score (nSPS) is 9.96. The van der Waals surface area contributed by atoms with Gasteiger partial charge in [0.1, 0.15) is 12.4 Å². The van der Waals surface area contributed by atoms with Crippen LogP contribution in [0.25, 0.3) is 0 Å². The van der Waals surface area contributed by atoms with Gasteiger partial charge in [0, 0.05) is 6.54 Å². The minimum absolute atomic E-state index is 0.621. The van der Waals surface area contributed by atoms with Gasteiger partial charge in [-0.15, -0.1) is 0 Å². The van der Waals surface area contributed by atoms with E-state index in [1.165, 1.54) is 11.1 Å². The van der Waals surface area contributed by atoms with Crippen LogP contribution in [-0.4, -0.2) is 40.1 Å².